The van der Waals surface area contributed by atoms with Gasteiger partial charge in [0.25, 0.3) is 0 Å². The summed E-state index contributed by atoms with van der Waals surface area (Å²) in [5, 5.41) is 10.7. The molecule has 0 saturated carbocycles. The van der Waals surface area contributed by atoms with Crippen molar-refractivity contribution in [1.29, 1.82) is 0 Å². The van der Waals surface area contributed by atoms with Crippen molar-refractivity contribution in [2.24, 2.45) is 0 Å². The van der Waals surface area contributed by atoms with E-state index in [1.807, 2.05) is 0 Å². The zero-order chi connectivity index (χ0) is 16.3. The number of pyridine rings is 2. The van der Waals surface area contributed by atoms with E-state index in [1.54, 1.807) is 13.8 Å². The number of hydrogen-bond donors (Lipinski definition) is 2. The van der Waals surface area contributed by atoms with Gasteiger partial charge in [-0.05, 0) is 38.1 Å². The SMILES string of the molecule is CC(C)(C(=O)c1ccc(NC(=O)O)cn1)c1ncccc1F. The molecule has 0 aromatic carbocycles. The maximum Gasteiger partial charge on any atom is 0.409 e. The van der Waals surface area contributed by atoms with E-state index >= 15 is 0 Å². The fourth-order valence-corrected chi connectivity index (χ4v) is 2.00. The highest BCUT2D eigenvalue weighted by Crippen LogP contribution is 2.27. The first-order valence-electron chi connectivity index (χ1n) is 6.44. The molecule has 2 N–H and O–H groups in total. The summed E-state index contributed by atoms with van der Waals surface area (Å²) in [6.45, 7) is 3.12. The van der Waals surface area contributed by atoms with Crippen LogP contribution < -0.4 is 5.32 Å². The van der Waals surface area contributed by atoms with Gasteiger partial charge < -0.3 is 5.11 Å². The molecule has 0 aliphatic carbocycles. The average Bonchev–Trinajstić information content (AvgIpc) is 2.47. The Kier molecular flexibility index (Phi) is 4.16. The number of anilines is 1. The van der Waals surface area contributed by atoms with Crippen molar-refractivity contribution < 1.29 is 19.1 Å². The molecule has 7 heteroatoms. The molecule has 0 atom stereocenters. The molecule has 0 aliphatic rings. The van der Waals surface area contributed by atoms with Gasteiger partial charge in [0.1, 0.15) is 11.5 Å². The van der Waals surface area contributed by atoms with Crippen LogP contribution >= 0.6 is 0 Å². The zero-order valence-corrected chi connectivity index (χ0v) is 12.0. The summed E-state index contributed by atoms with van der Waals surface area (Å²) < 4.78 is 13.9. The lowest BCUT2D eigenvalue weighted by Gasteiger charge is -2.22. The van der Waals surface area contributed by atoms with E-state index in [0.29, 0.717) is 0 Å². The predicted octanol–water partition coefficient (Wildman–Crippen LogP) is 2.87. The number of hydrogen-bond acceptors (Lipinski definition) is 4. The van der Waals surface area contributed by atoms with Gasteiger partial charge in [0, 0.05) is 6.20 Å². The molecule has 2 heterocycles. The smallest absolute Gasteiger partial charge is 0.409 e. The molecule has 2 aromatic heterocycles. The molecule has 2 rings (SSSR count). The van der Waals surface area contributed by atoms with E-state index in [9.17, 15) is 14.0 Å². The molecule has 0 unspecified atom stereocenters. The molecule has 0 fully saturated rings. The van der Waals surface area contributed by atoms with Gasteiger partial charge in [-0.3, -0.25) is 20.1 Å². The lowest BCUT2D eigenvalue weighted by atomic mass is 9.82. The monoisotopic (exact) mass is 303 g/mol. The van der Waals surface area contributed by atoms with Crippen LogP contribution in [0.5, 0.6) is 0 Å². The molecule has 1 amide bonds. The quantitative estimate of drug-likeness (QED) is 0.847. The van der Waals surface area contributed by atoms with Crippen LogP contribution in [0, 0.1) is 5.82 Å². The van der Waals surface area contributed by atoms with Crippen LogP contribution in [0.3, 0.4) is 0 Å². The fourth-order valence-electron chi connectivity index (χ4n) is 2.00. The molecule has 0 aliphatic heterocycles. The Balaban J connectivity index is 2.30. The minimum absolute atomic E-state index is 0.0366. The Bertz CT molecular complexity index is 714. The summed E-state index contributed by atoms with van der Waals surface area (Å²) >= 11 is 0. The molecule has 6 nitrogen and oxygen atoms in total. The van der Waals surface area contributed by atoms with Crippen LogP contribution in [-0.4, -0.2) is 27.0 Å². The van der Waals surface area contributed by atoms with Crippen molar-refractivity contribution in [1.82, 2.24) is 9.97 Å². The number of nitrogens with one attached hydrogen (secondary N) is 1. The van der Waals surface area contributed by atoms with Crippen LogP contribution in [-0.2, 0) is 5.41 Å². The number of amides is 1. The van der Waals surface area contributed by atoms with Gasteiger partial charge in [-0.2, -0.15) is 0 Å². The number of carbonyl (C=O) groups excluding carboxylic acids is 1. The lowest BCUT2D eigenvalue weighted by Crippen LogP contribution is -2.32. The maximum atomic E-state index is 13.9. The Morgan fingerprint density at radius 2 is 1.95 bits per heavy atom. The number of Topliss-reactive ketones (excluding diaryl/α,β-unsaturated/α-hetero) is 1. The maximum absolute atomic E-state index is 13.9. The summed E-state index contributed by atoms with van der Waals surface area (Å²) in [6, 6.07) is 5.49. The molecular formula is C15H14FN3O3. The van der Waals surface area contributed by atoms with E-state index in [0.717, 1.165) is 0 Å². The van der Waals surface area contributed by atoms with Crippen LogP contribution in [0.2, 0.25) is 0 Å². The van der Waals surface area contributed by atoms with Crippen molar-refractivity contribution >= 4 is 17.6 Å². The first-order valence-corrected chi connectivity index (χ1v) is 6.44. The third kappa shape index (κ3) is 3.08. The predicted molar refractivity (Wildman–Crippen MR) is 77.4 cm³/mol. The Hall–Kier alpha value is -2.83. The van der Waals surface area contributed by atoms with Gasteiger partial charge >= 0.3 is 6.09 Å². The van der Waals surface area contributed by atoms with Gasteiger partial charge in [0.2, 0.25) is 0 Å². The number of carbonyl (C=O) groups is 2. The van der Waals surface area contributed by atoms with Crippen molar-refractivity contribution in [3.05, 3.63) is 53.9 Å². The molecule has 114 valence electrons. The Labute approximate surface area is 126 Å². The number of aromatic nitrogens is 2. The Morgan fingerprint density at radius 3 is 2.50 bits per heavy atom. The topological polar surface area (TPSA) is 92.2 Å². The number of carboxylic acid groups (broad SMARTS) is 1. The normalized spacial score (nSPS) is 11.0. The summed E-state index contributed by atoms with van der Waals surface area (Å²) in [4.78, 5) is 30.9. The van der Waals surface area contributed by atoms with Crippen LogP contribution in [0.25, 0.3) is 0 Å². The van der Waals surface area contributed by atoms with E-state index in [1.165, 1.54) is 36.7 Å². The summed E-state index contributed by atoms with van der Waals surface area (Å²) in [5.74, 6) is -0.975. The lowest BCUT2D eigenvalue weighted by molar-refractivity contribution is 0.0897. The minimum Gasteiger partial charge on any atom is -0.465 e. The number of ketones is 1. The molecular weight excluding hydrogens is 289 g/mol. The van der Waals surface area contributed by atoms with Crippen molar-refractivity contribution in [3.63, 3.8) is 0 Å². The van der Waals surface area contributed by atoms with Gasteiger partial charge in [0.15, 0.2) is 5.78 Å². The number of rotatable bonds is 4. The van der Waals surface area contributed by atoms with Crippen LogP contribution in [0.1, 0.15) is 30.0 Å². The molecule has 2 aromatic rings. The van der Waals surface area contributed by atoms with Crippen LogP contribution in [0.15, 0.2) is 36.7 Å². The molecule has 0 spiro atoms. The molecule has 0 bridgehead atoms. The second-order valence-corrected chi connectivity index (χ2v) is 5.15. The summed E-state index contributed by atoms with van der Waals surface area (Å²) in [5.41, 5.74) is -0.813. The fraction of sp³-hybridized carbons (Fsp3) is 0.200. The Morgan fingerprint density at radius 1 is 1.23 bits per heavy atom. The minimum atomic E-state index is -1.23. The molecule has 22 heavy (non-hydrogen) atoms. The van der Waals surface area contributed by atoms with E-state index < -0.39 is 23.1 Å². The summed E-state index contributed by atoms with van der Waals surface area (Å²) in [7, 11) is 0. The van der Waals surface area contributed by atoms with Crippen LogP contribution in [0.4, 0.5) is 14.9 Å². The second-order valence-electron chi connectivity index (χ2n) is 5.15. The van der Waals surface area contributed by atoms with E-state index in [-0.39, 0.29) is 17.1 Å². The van der Waals surface area contributed by atoms with Gasteiger partial charge in [0.05, 0.1) is 23.0 Å². The van der Waals surface area contributed by atoms with Crippen molar-refractivity contribution in [2.45, 2.75) is 19.3 Å². The van der Waals surface area contributed by atoms with Gasteiger partial charge in [-0.25, -0.2) is 9.18 Å². The third-order valence-electron chi connectivity index (χ3n) is 3.17. The first-order chi connectivity index (χ1) is 10.3. The van der Waals surface area contributed by atoms with Gasteiger partial charge in [-0.1, -0.05) is 0 Å². The van der Waals surface area contributed by atoms with Gasteiger partial charge in [-0.15, -0.1) is 0 Å². The first kappa shape index (κ1) is 15.6. The van der Waals surface area contributed by atoms with Crippen molar-refractivity contribution in [3.8, 4) is 0 Å². The highest BCUT2D eigenvalue weighted by atomic mass is 19.1. The van der Waals surface area contributed by atoms with E-state index in [4.69, 9.17) is 5.11 Å². The largest absolute Gasteiger partial charge is 0.465 e. The third-order valence-corrected chi connectivity index (χ3v) is 3.17. The molecule has 0 saturated heterocycles. The standard InChI is InChI=1S/C15H14FN3O3/c1-15(2,12-10(16)4-3-7-17-12)13(20)11-6-5-9(8-18-11)19-14(21)22/h3-8,19H,1-2H3,(H,21,22). The average molecular weight is 303 g/mol. The number of nitrogens with zero attached hydrogens (tertiary/aromatic N) is 2. The van der Waals surface area contributed by atoms with Crippen molar-refractivity contribution in [2.75, 3.05) is 5.32 Å². The number of halogens is 1. The highest BCUT2D eigenvalue weighted by molar-refractivity contribution is 6.02. The second kappa shape index (κ2) is 5.88. The molecule has 0 radical (unpaired) electrons. The summed E-state index contributed by atoms with van der Waals surface area (Å²) in [6.07, 6.45) is 1.42. The highest BCUT2D eigenvalue weighted by Gasteiger charge is 2.35. The zero-order valence-electron chi connectivity index (χ0n) is 12.0. The van der Waals surface area contributed by atoms with E-state index in [2.05, 4.69) is 15.3 Å².